The molecular formula is C15H19ClN4O. The van der Waals surface area contributed by atoms with Crippen LogP contribution in [0.4, 0.5) is 5.69 Å². The number of amides is 1. The van der Waals surface area contributed by atoms with Gasteiger partial charge in [0, 0.05) is 42.6 Å². The van der Waals surface area contributed by atoms with Crippen LogP contribution in [0.5, 0.6) is 0 Å². The number of rotatable bonds is 4. The van der Waals surface area contributed by atoms with E-state index in [0.717, 1.165) is 22.6 Å². The molecule has 0 bridgehead atoms. The summed E-state index contributed by atoms with van der Waals surface area (Å²) in [5.74, 6) is -0.0604. The second kappa shape index (κ2) is 6.18. The van der Waals surface area contributed by atoms with Crippen LogP contribution in [-0.2, 0) is 6.54 Å². The number of nitrogens with zero attached hydrogens (tertiary/aromatic N) is 2. The van der Waals surface area contributed by atoms with Crippen molar-refractivity contribution < 1.29 is 4.79 Å². The van der Waals surface area contributed by atoms with Crippen molar-refractivity contribution in [3.63, 3.8) is 0 Å². The second-order valence-electron chi connectivity index (χ2n) is 5.16. The molecule has 0 spiro atoms. The molecule has 0 saturated carbocycles. The topological polar surface area (TPSA) is 61.0 Å². The number of anilines is 1. The minimum atomic E-state index is -0.0604. The van der Waals surface area contributed by atoms with E-state index in [0.29, 0.717) is 17.1 Å². The Morgan fingerprint density at radius 2 is 2.10 bits per heavy atom. The van der Waals surface area contributed by atoms with E-state index in [4.69, 9.17) is 11.6 Å². The number of halogens is 1. The van der Waals surface area contributed by atoms with Crippen molar-refractivity contribution >= 4 is 23.2 Å². The molecular weight excluding hydrogens is 288 g/mol. The van der Waals surface area contributed by atoms with Crippen LogP contribution < -0.4 is 5.32 Å². The van der Waals surface area contributed by atoms with Crippen LogP contribution in [-0.4, -0.2) is 35.1 Å². The highest BCUT2D eigenvalue weighted by Crippen LogP contribution is 2.23. The lowest BCUT2D eigenvalue weighted by atomic mass is 10.1. The first-order chi connectivity index (χ1) is 9.90. The van der Waals surface area contributed by atoms with Crippen molar-refractivity contribution in [2.75, 3.05) is 19.4 Å². The Kier molecular flexibility index (Phi) is 4.53. The zero-order valence-electron chi connectivity index (χ0n) is 12.6. The zero-order valence-corrected chi connectivity index (χ0v) is 13.4. The van der Waals surface area contributed by atoms with E-state index < -0.39 is 0 Å². The monoisotopic (exact) mass is 306 g/mol. The van der Waals surface area contributed by atoms with Gasteiger partial charge in [-0.15, -0.1) is 0 Å². The third kappa shape index (κ3) is 3.36. The quantitative estimate of drug-likeness (QED) is 0.913. The highest BCUT2D eigenvalue weighted by molar-refractivity contribution is 6.31. The van der Waals surface area contributed by atoms with E-state index in [1.807, 2.05) is 13.8 Å². The minimum Gasteiger partial charge on any atom is -0.380 e. The van der Waals surface area contributed by atoms with Crippen LogP contribution in [0.2, 0.25) is 5.02 Å². The van der Waals surface area contributed by atoms with Crippen LogP contribution in [0.15, 0.2) is 18.2 Å². The number of hydrogen-bond acceptors (Lipinski definition) is 3. The van der Waals surface area contributed by atoms with Crippen molar-refractivity contribution in [1.29, 1.82) is 0 Å². The first-order valence-electron chi connectivity index (χ1n) is 6.65. The lowest BCUT2D eigenvalue weighted by Gasteiger charge is -2.16. The molecule has 0 unspecified atom stereocenters. The first kappa shape index (κ1) is 15.4. The van der Waals surface area contributed by atoms with Gasteiger partial charge in [0.15, 0.2) is 0 Å². The normalized spacial score (nSPS) is 10.5. The van der Waals surface area contributed by atoms with E-state index >= 15 is 0 Å². The summed E-state index contributed by atoms with van der Waals surface area (Å²) < 4.78 is 0. The van der Waals surface area contributed by atoms with E-state index in [1.54, 1.807) is 37.2 Å². The van der Waals surface area contributed by atoms with E-state index in [1.165, 1.54) is 0 Å². The molecule has 2 rings (SSSR count). The molecule has 5 nitrogen and oxygen atoms in total. The number of carbonyl (C=O) groups excluding carboxylic acids is 1. The molecule has 0 fully saturated rings. The minimum absolute atomic E-state index is 0.0604. The van der Waals surface area contributed by atoms with Gasteiger partial charge in [-0.25, -0.2) is 0 Å². The van der Waals surface area contributed by atoms with Crippen LogP contribution in [0.3, 0.4) is 0 Å². The van der Waals surface area contributed by atoms with E-state index in [9.17, 15) is 4.79 Å². The van der Waals surface area contributed by atoms with Crippen LogP contribution >= 0.6 is 11.6 Å². The molecule has 1 aromatic heterocycles. The molecule has 1 amide bonds. The second-order valence-corrected chi connectivity index (χ2v) is 5.59. The lowest BCUT2D eigenvalue weighted by molar-refractivity contribution is 0.0828. The fourth-order valence-corrected chi connectivity index (χ4v) is 2.28. The Balaban J connectivity index is 2.27. The molecule has 6 heteroatoms. The maximum absolute atomic E-state index is 12.2. The number of aromatic nitrogens is 2. The Bertz CT molecular complexity index is 644. The summed E-state index contributed by atoms with van der Waals surface area (Å²) in [6.07, 6.45) is 0. The summed E-state index contributed by atoms with van der Waals surface area (Å²) in [7, 11) is 3.45. The van der Waals surface area contributed by atoms with Crippen LogP contribution in [0, 0.1) is 13.8 Å². The molecule has 0 aliphatic heterocycles. The summed E-state index contributed by atoms with van der Waals surface area (Å²) in [6, 6.07) is 5.23. The average molecular weight is 307 g/mol. The molecule has 0 aliphatic carbocycles. The zero-order chi connectivity index (χ0) is 15.6. The van der Waals surface area contributed by atoms with Gasteiger partial charge in [0.1, 0.15) is 0 Å². The van der Waals surface area contributed by atoms with Gasteiger partial charge in [-0.2, -0.15) is 5.10 Å². The molecule has 1 aromatic carbocycles. The predicted octanol–water partition coefficient (Wildman–Crippen LogP) is 2.99. The number of H-pyrrole nitrogens is 1. The van der Waals surface area contributed by atoms with Gasteiger partial charge >= 0.3 is 0 Å². The molecule has 0 radical (unpaired) electrons. The van der Waals surface area contributed by atoms with Gasteiger partial charge in [0.25, 0.3) is 5.91 Å². The number of aromatic amines is 1. The van der Waals surface area contributed by atoms with Gasteiger partial charge in [0.2, 0.25) is 0 Å². The summed E-state index contributed by atoms with van der Waals surface area (Å²) in [4.78, 5) is 13.7. The van der Waals surface area contributed by atoms with Crippen molar-refractivity contribution in [3.05, 3.63) is 45.7 Å². The molecule has 0 aliphatic rings. The van der Waals surface area contributed by atoms with Crippen molar-refractivity contribution in [1.82, 2.24) is 15.1 Å². The Labute approximate surface area is 129 Å². The van der Waals surface area contributed by atoms with Crippen molar-refractivity contribution in [2.24, 2.45) is 0 Å². The molecule has 112 valence electrons. The number of benzene rings is 1. The highest BCUT2D eigenvalue weighted by atomic mass is 35.5. The molecule has 0 saturated heterocycles. The summed E-state index contributed by atoms with van der Waals surface area (Å²) in [5.41, 5.74) is 4.38. The standard InChI is InChI=1S/C15H19ClN4O/c1-9-13(10(2)19-18-9)8-17-14-7-11(16)5-6-12(14)15(21)20(3)4/h5-7,17H,8H2,1-4H3,(H,18,19). The molecule has 2 N–H and O–H groups in total. The number of nitrogens with one attached hydrogen (secondary N) is 2. The van der Waals surface area contributed by atoms with Crippen molar-refractivity contribution in [3.8, 4) is 0 Å². The third-order valence-electron chi connectivity index (χ3n) is 3.35. The number of aryl methyl sites for hydroxylation is 2. The summed E-state index contributed by atoms with van der Waals surface area (Å²) >= 11 is 6.04. The average Bonchev–Trinajstić information content (AvgIpc) is 2.75. The third-order valence-corrected chi connectivity index (χ3v) is 3.59. The maximum atomic E-state index is 12.2. The molecule has 21 heavy (non-hydrogen) atoms. The van der Waals surface area contributed by atoms with Crippen LogP contribution in [0.1, 0.15) is 27.3 Å². The van der Waals surface area contributed by atoms with Gasteiger partial charge in [-0.05, 0) is 32.0 Å². The van der Waals surface area contributed by atoms with Crippen LogP contribution in [0.25, 0.3) is 0 Å². The SMILES string of the molecule is Cc1n[nH]c(C)c1CNc1cc(Cl)ccc1C(=O)N(C)C. The fraction of sp³-hybridized carbons (Fsp3) is 0.333. The maximum Gasteiger partial charge on any atom is 0.255 e. The Morgan fingerprint density at radius 1 is 1.38 bits per heavy atom. The molecule has 2 aromatic rings. The van der Waals surface area contributed by atoms with Gasteiger partial charge in [-0.3, -0.25) is 9.89 Å². The fourth-order valence-electron chi connectivity index (χ4n) is 2.11. The molecule has 0 atom stereocenters. The predicted molar refractivity (Wildman–Crippen MR) is 84.9 cm³/mol. The smallest absolute Gasteiger partial charge is 0.255 e. The van der Waals surface area contributed by atoms with Crippen molar-refractivity contribution in [2.45, 2.75) is 20.4 Å². The summed E-state index contributed by atoms with van der Waals surface area (Å²) in [5, 5.41) is 11.0. The highest BCUT2D eigenvalue weighted by Gasteiger charge is 2.14. The largest absolute Gasteiger partial charge is 0.380 e. The number of hydrogen-bond donors (Lipinski definition) is 2. The van der Waals surface area contributed by atoms with Gasteiger partial charge in [-0.1, -0.05) is 11.6 Å². The molecule has 1 heterocycles. The van der Waals surface area contributed by atoms with E-state index in [2.05, 4.69) is 15.5 Å². The Hall–Kier alpha value is -2.01. The Morgan fingerprint density at radius 3 is 2.67 bits per heavy atom. The lowest BCUT2D eigenvalue weighted by Crippen LogP contribution is -2.23. The first-order valence-corrected chi connectivity index (χ1v) is 7.03. The summed E-state index contributed by atoms with van der Waals surface area (Å²) in [6.45, 7) is 4.51. The van der Waals surface area contributed by atoms with E-state index in [-0.39, 0.29) is 5.91 Å². The van der Waals surface area contributed by atoms with Gasteiger partial charge < -0.3 is 10.2 Å². The van der Waals surface area contributed by atoms with Gasteiger partial charge in [0.05, 0.1) is 11.3 Å². The number of carbonyl (C=O) groups is 1.